The lowest BCUT2D eigenvalue weighted by Gasteiger charge is -1.91. The van der Waals surface area contributed by atoms with E-state index in [1.807, 2.05) is 0 Å². The molecule has 0 saturated heterocycles. The zero-order valence-electron chi connectivity index (χ0n) is 7.24. The van der Waals surface area contributed by atoms with Crippen LogP contribution in [-0.2, 0) is 0 Å². The molecule has 2 rings (SSSR count). The number of carbonyl (C=O) groups is 1. The Kier molecular flexibility index (Phi) is 2.13. The maximum Gasteiger partial charge on any atom is 0.259 e. The van der Waals surface area contributed by atoms with Crippen LogP contribution in [0.3, 0.4) is 0 Å². The smallest absolute Gasteiger partial charge is 0.259 e. The third kappa shape index (κ3) is 1.25. The summed E-state index contributed by atoms with van der Waals surface area (Å²) in [5, 5.41) is 0.357. The average Bonchev–Trinajstić information content (AvgIpc) is 2.46. The van der Waals surface area contributed by atoms with E-state index < -0.39 is 5.91 Å². The molecule has 0 bridgehead atoms. The number of hydrogen-bond acceptors (Lipinski definition) is 4. The summed E-state index contributed by atoms with van der Waals surface area (Å²) in [5.74, 6) is -0.457. The van der Waals surface area contributed by atoms with Crippen molar-refractivity contribution in [2.75, 3.05) is 0 Å². The van der Waals surface area contributed by atoms with E-state index in [2.05, 4.69) is 9.97 Å². The first kappa shape index (κ1) is 9.36. The minimum Gasteiger partial charge on any atom is -0.365 e. The molecule has 0 spiro atoms. The molecule has 0 aliphatic carbocycles. The number of nitrogens with two attached hydrogens (primary N) is 1. The van der Waals surface area contributed by atoms with Gasteiger partial charge in [-0.1, -0.05) is 11.6 Å². The summed E-state index contributed by atoms with van der Waals surface area (Å²) in [6, 6.07) is 0. The van der Waals surface area contributed by atoms with E-state index in [0.717, 1.165) is 5.56 Å². The van der Waals surface area contributed by atoms with E-state index in [1.165, 1.54) is 17.7 Å². The maximum absolute atomic E-state index is 11.0. The van der Waals surface area contributed by atoms with Crippen LogP contribution in [0.2, 0.25) is 5.15 Å². The van der Waals surface area contributed by atoms with Crippen LogP contribution in [-0.4, -0.2) is 15.9 Å². The fourth-order valence-electron chi connectivity index (χ4n) is 1.23. The predicted octanol–water partition coefficient (Wildman–Crippen LogP) is 1.75. The highest BCUT2D eigenvalue weighted by molar-refractivity contribution is 7.21. The standard InChI is InChI=1S/C8H6ClN3OS/c1-3-4-6(7(9)12-2-11-4)14-5(3)8(10)13/h2H,1H3,(H2,10,13). The van der Waals surface area contributed by atoms with Gasteiger partial charge in [-0.25, -0.2) is 9.97 Å². The molecule has 0 aliphatic rings. The quantitative estimate of drug-likeness (QED) is 0.755. The number of aromatic nitrogens is 2. The lowest BCUT2D eigenvalue weighted by molar-refractivity contribution is 0.100. The van der Waals surface area contributed by atoms with Crippen LogP contribution in [0.25, 0.3) is 10.2 Å². The van der Waals surface area contributed by atoms with Crippen molar-refractivity contribution in [3.8, 4) is 0 Å². The Hall–Kier alpha value is -1.20. The van der Waals surface area contributed by atoms with Crippen LogP contribution in [0.15, 0.2) is 6.33 Å². The van der Waals surface area contributed by atoms with Gasteiger partial charge in [0.1, 0.15) is 11.5 Å². The molecule has 0 unspecified atom stereocenters. The topological polar surface area (TPSA) is 68.9 Å². The van der Waals surface area contributed by atoms with E-state index >= 15 is 0 Å². The van der Waals surface area contributed by atoms with Crippen LogP contribution in [0, 0.1) is 6.92 Å². The number of rotatable bonds is 1. The Balaban J connectivity index is 2.86. The zero-order valence-corrected chi connectivity index (χ0v) is 8.82. The molecule has 2 heterocycles. The Morgan fingerprint density at radius 2 is 2.29 bits per heavy atom. The summed E-state index contributed by atoms with van der Waals surface area (Å²) in [7, 11) is 0. The number of halogens is 1. The third-order valence-electron chi connectivity index (χ3n) is 1.88. The lowest BCUT2D eigenvalue weighted by atomic mass is 10.2. The van der Waals surface area contributed by atoms with Crippen LogP contribution < -0.4 is 5.73 Å². The number of carbonyl (C=O) groups excluding carboxylic acids is 1. The monoisotopic (exact) mass is 227 g/mol. The van der Waals surface area contributed by atoms with Gasteiger partial charge < -0.3 is 5.73 Å². The van der Waals surface area contributed by atoms with Crippen molar-refractivity contribution in [2.24, 2.45) is 5.73 Å². The first-order valence-corrected chi connectivity index (χ1v) is 5.00. The highest BCUT2D eigenvalue weighted by Crippen LogP contribution is 2.32. The Labute approximate surface area is 88.7 Å². The molecule has 0 aromatic carbocycles. The van der Waals surface area contributed by atoms with Gasteiger partial charge in [-0.3, -0.25) is 4.79 Å². The molecule has 1 amide bonds. The second-order valence-corrected chi connectivity index (χ2v) is 4.14. The molecular formula is C8H6ClN3OS. The first-order chi connectivity index (χ1) is 6.61. The molecule has 0 atom stereocenters. The van der Waals surface area contributed by atoms with Crippen molar-refractivity contribution in [2.45, 2.75) is 6.92 Å². The van der Waals surface area contributed by atoms with Crippen molar-refractivity contribution in [1.82, 2.24) is 9.97 Å². The molecule has 6 heteroatoms. The van der Waals surface area contributed by atoms with Crippen LogP contribution in [0.5, 0.6) is 0 Å². The molecule has 2 N–H and O–H groups in total. The van der Waals surface area contributed by atoms with Gasteiger partial charge in [-0.05, 0) is 12.5 Å². The first-order valence-electron chi connectivity index (χ1n) is 3.80. The maximum atomic E-state index is 11.0. The second-order valence-electron chi connectivity index (χ2n) is 2.76. The van der Waals surface area contributed by atoms with E-state index in [-0.39, 0.29) is 0 Å². The molecular weight excluding hydrogens is 222 g/mol. The molecule has 0 aliphatic heterocycles. The van der Waals surface area contributed by atoms with Crippen molar-refractivity contribution < 1.29 is 4.79 Å². The molecule has 4 nitrogen and oxygen atoms in total. The second kappa shape index (κ2) is 3.18. The third-order valence-corrected chi connectivity index (χ3v) is 3.59. The highest BCUT2D eigenvalue weighted by atomic mass is 35.5. The van der Waals surface area contributed by atoms with Gasteiger partial charge in [0, 0.05) is 0 Å². The fourth-order valence-corrected chi connectivity index (χ4v) is 2.47. The van der Waals surface area contributed by atoms with Gasteiger partial charge >= 0.3 is 0 Å². The number of hydrogen-bond donors (Lipinski definition) is 1. The van der Waals surface area contributed by atoms with Crippen molar-refractivity contribution in [3.63, 3.8) is 0 Å². The van der Waals surface area contributed by atoms with Gasteiger partial charge in [0.15, 0.2) is 0 Å². The van der Waals surface area contributed by atoms with Gasteiger partial charge in [-0.2, -0.15) is 0 Å². The molecule has 0 radical (unpaired) electrons. The summed E-state index contributed by atoms with van der Waals surface area (Å²) in [5.41, 5.74) is 6.67. The number of amides is 1. The largest absolute Gasteiger partial charge is 0.365 e. The number of aryl methyl sites for hydroxylation is 1. The normalized spacial score (nSPS) is 10.7. The average molecular weight is 228 g/mol. The van der Waals surface area contributed by atoms with E-state index in [0.29, 0.717) is 20.2 Å². The van der Waals surface area contributed by atoms with Crippen molar-refractivity contribution >= 4 is 39.1 Å². The van der Waals surface area contributed by atoms with E-state index in [4.69, 9.17) is 17.3 Å². The van der Waals surface area contributed by atoms with Crippen molar-refractivity contribution in [3.05, 3.63) is 21.9 Å². The van der Waals surface area contributed by atoms with Gasteiger partial charge in [0.2, 0.25) is 0 Å². The van der Waals surface area contributed by atoms with Crippen LogP contribution >= 0.6 is 22.9 Å². The van der Waals surface area contributed by atoms with Gasteiger partial charge in [0.25, 0.3) is 5.91 Å². The number of fused-ring (bicyclic) bond motifs is 1. The predicted molar refractivity (Wildman–Crippen MR) is 55.7 cm³/mol. The summed E-state index contributed by atoms with van der Waals surface area (Å²) >= 11 is 7.08. The SMILES string of the molecule is Cc1c(C(N)=O)sc2c(Cl)ncnc12. The minimum atomic E-state index is -0.457. The highest BCUT2D eigenvalue weighted by Gasteiger charge is 2.15. The number of nitrogens with zero attached hydrogens (tertiary/aromatic N) is 2. The number of primary amides is 1. The summed E-state index contributed by atoms with van der Waals surface area (Å²) in [4.78, 5) is 19.4. The van der Waals surface area contributed by atoms with Gasteiger partial charge in [0.05, 0.1) is 15.1 Å². The summed E-state index contributed by atoms with van der Waals surface area (Å²) in [6.07, 6.45) is 1.37. The number of thiophene rings is 1. The van der Waals surface area contributed by atoms with E-state index in [1.54, 1.807) is 6.92 Å². The molecule has 2 aromatic rings. The van der Waals surface area contributed by atoms with Crippen LogP contribution in [0.1, 0.15) is 15.2 Å². The zero-order chi connectivity index (χ0) is 10.3. The Morgan fingerprint density at radius 1 is 1.57 bits per heavy atom. The minimum absolute atomic E-state index is 0.357. The Bertz CT molecular complexity index is 523. The summed E-state index contributed by atoms with van der Waals surface area (Å²) in [6.45, 7) is 1.79. The summed E-state index contributed by atoms with van der Waals surface area (Å²) < 4.78 is 0.709. The lowest BCUT2D eigenvalue weighted by Crippen LogP contribution is -2.09. The molecule has 2 aromatic heterocycles. The molecule has 72 valence electrons. The fraction of sp³-hybridized carbons (Fsp3) is 0.125. The molecule has 0 saturated carbocycles. The molecule has 0 fully saturated rings. The van der Waals surface area contributed by atoms with Crippen LogP contribution in [0.4, 0.5) is 0 Å². The van der Waals surface area contributed by atoms with E-state index in [9.17, 15) is 4.79 Å². The Morgan fingerprint density at radius 3 is 2.86 bits per heavy atom. The van der Waals surface area contributed by atoms with Crippen molar-refractivity contribution in [1.29, 1.82) is 0 Å². The van der Waals surface area contributed by atoms with Gasteiger partial charge in [-0.15, -0.1) is 11.3 Å². The molecule has 14 heavy (non-hydrogen) atoms.